The fourth-order valence-corrected chi connectivity index (χ4v) is 1.06. The van der Waals surface area contributed by atoms with E-state index >= 15 is 0 Å². The first-order valence-corrected chi connectivity index (χ1v) is 4.12. The standard InChI is InChI=1S/C10H6ClNO2/c11-9-3-1-7(2-4-9)8(6-12)5-10(13)14/h1-5H,(H,13,14)/b8-5-. The van der Waals surface area contributed by atoms with Gasteiger partial charge >= 0.3 is 5.97 Å². The van der Waals surface area contributed by atoms with Crippen LogP contribution in [0.3, 0.4) is 0 Å². The number of nitriles is 1. The van der Waals surface area contributed by atoms with Gasteiger partial charge in [0, 0.05) is 11.1 Å². The molecule has 0 unspecified atom stereocenters. The molecule has 0 radical (unpaired) electrons. The first-order valence-electron chi connectivity index (χ1n) is 3.74. The van der Waals surface area contributed by atoms with E-state index in [0.29, 0.717) is 10.6 Å². The summed E-state index contributed by atoms with van der Waals surface area (Å²) >= 11 is 5.65. The van der Waals surface area contributed by atoms with E-state index in [1.165, 1.54) is 0 Å². The normalized spacial score (nSPS) is 10.7. The smallest absolute Gasteiger partial charge is 0.329 e. The predicted octanol–water partition coefficient (Wildman–Crippen LogP) is 2.33. The Labute approximate surface area is 85.9 Å². The van der Waals surface area contributed by atoms with Crippen molar-refractivity contribution in [3.63, 3.8) is 0 Å². The molecule has 70 valence electrons. The number of allylic oxidation sites excluding steroid dienone is 1. The van der Waals surface area contributed by atoms with Crippen LogP contribution in [0, 0.1) is 11.3 Å². The maximum Gasteiger partial charge on any atom is 0.329 e. The summed E-state index contributed by atoms with van der Waals surface area (Å²) in [7, 11) is 0. The van der Waals surface area contributed by atoms with Crippen molar-refractivity contribution in [3.05, 3.63) is 40.9 Å². The van der Waals surface area contributed by atoms with Gasteiger partial charge in [-0.05, 0) is 17.7 Å². The van der Waals surface area contributed by atoms with Gasteiger partial charge in [0.1, 0.15) is 6.07 Å². The topological polar surface area (TPSA) is 61.1 Å². The van der Waals surface area contributed by atoms with Crippen LogP contribution in [0.15, 0.2) is 30.3 Å². The van der Waals surface area contributed by atoms with Crippen LogP contribution in [-0.2, 0) is 4.79 Å². The zero-order valence-corrected chi connectivity index (χ0v) is 7.82. The van der Waals surface area contributed by atoms with Gasteiger partial charge in [-0.15, -0.1) is 0 Å². The number of carboxylic acid groups (broad SMARTS) is 1. The lowest BCUT2D eigenvalue weighted by Crippen LogP contribution is -1.90. The Morgan fingerprint density at radius 3 is 2.43 bits per heavy atom. The van der Waals surface area contributed by atoms with Crippen molar-refractivity contribution < 1.29 is 9.90 Å². The van der Waals surface area contributed by atoms with Crippen LogP contribution in [0.2, 0.25) is 5.02 Å². The number of carbonyl (C=O) groups is 1. The summed E-state index contributed by atoms with van der Waals surface area (Å²) < 4.78 is 0. The van der Waals surface area contributed by atoms with Gasteiger partial charge < -0.3 is 5.11 Å². The number of aliphatic carboxylic acids is 1. The minimum atomic E-state index is -1.14. The van der Waals surface area contributed by atoms with Crippen LogP contribution >= 0.6 is 11.6 Å². The van der Waals surface area contributed by atoms with E-state index in [1.807, 2.05) is 0 Å². The molecular formula is C10H6ClNO2. The van der Waals surface area contributed by atoms with E-state index in [0.717, 1.165) is 6.08 Å². The van der Waals surface area contributed by atoms with Gasteiger partial charge in [-0.2, -0.15) is 5.26 Å². The van der Waals surface area contributed by atoms with Crippen LogP contribution < -0.4 is 0 Å². The average Bonchev–Trinajstić information content (AvgIpc) is 2.15. The molecule has 14 heavy (non-hydrogen) atoms. The molecule has 0 spiro atoms. The third-order valence-electron chi connectivity index (χ3n) is 1.54. The second-order valence-electron chi connectivity index (χ2n) is 2.51. The summed E-state index contributed by atoms with van der Waals surface area (Å²) in [5.74, 6) is -1.14. The van der Waals surface area contributed by atoms with Gasteiger partial charge in [0.15, 0.2) is 0 Å². The van der Waals surface area contributed by atoms with E-state index in [9.17, 15) is 4.79 Å². The number of halogens is 1. The van der Waals surface area contributed by atoms with Gasteiger partial charge in [-0.25, -0.2) is 4.79 Å². The van der Waals surface area contributed by atoms with Crippen molar-refractivity contribution in [2.24, 2.45) is 0 Å². The van der Waals surface area contributed by atoms with Crippen LogP contribution in [0.1, 0.15) is 5.56 Å². The number of hydrogen-bond donors (Lipinski definition) is 1. The lowest BCUT2D eigenvalue weighted by atomic mass is 10.1. The Balaban J connectivity index is 3.09. The first kappa shape index (κ1) is 10.3. The Bertz CT molecular complexity index is 415. The van der Waals surface area contributed by atoms with Crippen LogP contribution in [0.25, 0.3) is 5.57 Å². The number of hydrogen-bond acceptors (Lipinski definition) is 2. The van der Waals surface area contributed by atoms with Crippen molar-refractivity contribution in [1.82, 2.24) is 0 Å². The molecule has 3 nitrogen and oxygen atoms in total. The summed E-state index contributed by atoms with van der Waals surface area (Å²) in [6.45, 7) is 0. The highest BCUT2D eigenvalue weighted by molar-refractivity contribution is 6.30. The molecule has 0 bridgehead atoms. The fraction of sp³-hybridized carbons (Fsp3) is 0. The van der Waals surface area contributed by atoms with E-state index in [4.69, 9.17) is 22.0 Å². The lowest BCUT2D eigenvalue weighted by Gasteiger charge is -1.97. The van der Waals surface area contributed by atoms with Crippen molar-refractivity contribution in [2.75, 3.05) is 0 Å². The number of benzene rings is 1. The molecule has 1 aromatic rings. The molecular weight excluding hydrogens is 202 g/mol. The Morgan fingerprint density at radius 2 is 2.00 bits per heavy atom. The molecule has 0 atom stereocenters. The second-order valence-corrected chi connectivity index (χ2v) is 2.95. The third-order valence-corrected chi connectivity index (χ3v) is 1.80. The van der Waals surface area contributed by atoms with Gasteiger partial charge in [0.25, 0.3) is 0 Å². The van der Waals surface area contributed by atoms with Gasteiger partial charge in [0.2, 0.25) is 0 Å². The molecule has 0 saturated carbocycles. The van der Waals surface area contributed by atoms with Crippen LogP contribution in [0.5, 0.6) is 0 Å². The SMILES string of the molecule is N#C/C(=C/C(=O)O)c1ccc(Cl)cc1. The summed E-state index contributed by atoms with van der Waals surface area (Å²) in [6, 6.07) is 8.20. The summed E-state index contributed by atoms with van der Waals surface area (Å²) in [5.41, 5.74) is 0.647. The van der Waals surface area contributed by atoms with Gasteiger partial charge in [0.05, 0.1) is 5.57 Å². The van der Waals surface area contributed by atoms with Gasteiger partial charge in [-0.3, -0.25) is 0 Å². The maximum atomic E-state index is 10.4. The van der Waals surface area contributed by atoms with Crippen molar-refractivity contribution in [3.8, 4) is 6.07 Å². The van der Waals surface area contributed by atoms with E-state index in [1.54, 1.807) is 30.3 Å². The Hall–Kier alpha value is -1.79. The largest absolute Gasteiger partial charge is 0.478 e. The highest BCUT2D eigenvalue weighted by Gasteiger charge is 2.02. The summed E-state index contributed by atoms with van der Waals surface area (Å²) in [4.78, 5) is 10.4. The van der Waals surface area contributed by atoms with E-state index in [2.05, 4.69) is 0 Å². The second kappa shape index (κ2) is 4.45. The highest BCUT2D eigenvalue weighted by atomic mass is 35.5. The van der Waals surface area contributed by atoms with Crippen molar-refractivity contribution >= 4 is 23.1 Å². The predicted molar refractivity (Wildman–Crippen MR) is 52.7 cm³/mol. The molecule has 1 aromatic carbocycles. The molecule has 0 fully saturated rings. The molecule has 0 heterocycles. The average molecular weight is 208 g/mol. The van der Waals surface area contributed by atoms with Crippen molar-refractivity contribution in [2.45, 2.75) is 0 Å². The first-order chi connectivity index (χ1) is 6.63. The third kappa shape index (κ3) is 2.61. The zero-order valence-electron chi connectivity index (χ0n) is 7.07. The molecule has 0 saturated heterocycles. The highest BCUT2D eigenvalue weighted by Crippen LogP contribution is 2.16. The van der Waals surface area contributed by atoms with Gasteiger partial charge in [-0.1, -0.05) is 23.7 Å². The Kier molecular flexibility index (Phi) is 3.27. The van der Waals surface area contributed by atoms with Crippen LogP contribution in [0.4, 0.5) is 0 Å². The molecule has 0 aliphatic rings. The molecule has 4 heteroatoms. The number of rotatable bonds is 2. The Morgan fingerprint density at radius 1 is 1.43 bits per heavy atom. The molecule has 0 aliphatic carbocycles. The monoisotopic (exact) mass is 207 g/mol. The summed E-state index contributed by atoms with van der Waals surface area (Å²) in [6.07, 6.45) is 0.864. The zero-order chi connectivity index (χ0) is 10.6. The number of nitrogens with zero attached hydrogens (tertiary/aromatic N) is 1. The fourth-order valence-electron chi connectivity index (χ4n) is 0.933. The molecule has 0 amide bonds. The van der Waals surface area contributed by atoms with Crippen LogP contribution in [-0.4, -0.2) is 11.1 Å². The van der Waals surface area contributed by atoms with E-state index < -0.39 is 5.97 Å². The minimum absolute atomic E-state index is 0.106. The van der Waals surface area contributed by atoms with Crippen molar-refractivity contribution in [1.29, 1.82) is 5.26 Å². The quantitative estimate of drug-likeness (QED) is 0.598. The lowest BCUT2D eigenvalue weighted by molar-refractivity contribution is -0.131. The maximum absolute atomic E-state index is 10.4. The number of carboxylic acids is 1. The molecule has 0 aliphatic heterocycles. The van der Waals surface area contributed by atoms with E-state index in [-0.39, 0.29) is 5.57 Å². The molecule has 1 rings (SSSR count). The summed E-state index contributed by atoms with van der Waals surface area (Å²) in [5, 5.41) is 17.7. The molecule has 1 N–H and O–H groups in total. The molecule has 0 aromatic heterocycles. The minimum Gasteiger partial charge on any atom is -0.478 e.